The Morgan fingerprint density at radius 3 is 2.55 bits per heavy atom. The van der Waals surface area contributed by atoms with E-state index in [-0.39, 0.29) is 11.3 Å². The number of amides is 1. The summed E-state index contributed by atoms with van der Waals surface area (Å²) in [5, 5.41) is 13.9. The largest absolute Gasteiger partial charge is 0.496 e. The maximum absolute atomic E-state index is 12.1. The molecule has 29 heavy (non-hydrogen) atoms. The van der Waals surface area contributed by atoms with Gasteiger partial charge < -0.3 is 19.7 Å². The number of rotatable bonds is 9. The van der Waals surface area contributed by atoms with Gasteiger partial charge >= 0.3 is 5.97 Å². The molecule has 0 heterocycles. The van der Waals surface area contributed by atoms with Gasteiger partial charge in [-0.3, -0.25) is 14.9 Å². The Hall–Kier alpha value is -3.62. The van der Waals surface area contributed by atoms with Crippen molar-refractivity contribution < 1.29 is 24.0 Å². The van der Waals surface area contributed by atoms with Gasteiger partial charge in [0, 0.05) is 26.7 Å². The minimum Gasteiger partial charge on any atom is -0.496 e. The Kier molecular flexibility index (Phi) is 7.53. The van der Waals surface area contributed by atoms with E-state index >= 15 is 0 Å². The fraction of sp³-hybridized carbons (Fsp3) is 0.300. The minimum absolute atomic E-state index is 0.00382. The van der Waals surface area contributed by atoms with E-state index in [0.717, 1.165) is 17.4 Å². The standard InChI is InChI=1S/C20H23N3O6/c1-22(2)16-9-8-15(12-17(16)23(26)27)20(25)29-13-19(24)21-11-10-14-6-4-5-7-18(14)28-3/h4-9,12H,10-11,13H2,1-3H3,(H,21,24). The second-order valence-electron chi connectivity index (χ2n) is 6.34. The Labute approximate surface area is 168 Å². The van der Waals surface area contributed by atoms with E-state index in [1.165, 1.54) is 12.1 Å². The third-order valence-electron chi connectivity index (χ3n) is 4.13. The molecule has 0 fully saturated rings. The van der Waals surface area contributed by atoms with Crippen molar-refractivity contribution in [2.45, 2.75) is 6.42 Å². The zero-order valence-electron chi connectivity index (χ0n) is 16.5. The number of carbonyl (C=O) groups excluding carboxylic acids is 2. The zero-order valence-corrected chi connectivity index (χ0v) is 16.5. The summed E-state index contributed by atoms with van der Waals surface area (Å²) in [4.78, 5) is 36.2. The molecule has 0 atom stereocenters. The molecule has 2 aromatic carbocycles. The maximum atomic E-state index is 12.1. The average molecular weight is 401 g/mol. The molecule has 0 saturated carbocycles. The van der Waals surface area contributed by atoms with Crippen LogP contribution in [0, 0.1) is 10.1 Å². The number of nitro groups is 1. The first kappa shape index (κ1) is 21.7. The SMILES string of the molecule is COc1ccccc1CCNC(=O)COC(=O)c1ccc(N(C)C)c([N+](=O)[O-])c1. The highest BCUT2D eigenvalue weighted by atomic mass is 16.6. The molecule has 0 saturated heterocycles. The van der Waals surface area contributed by atoms with Gasteiger partial charge in [0.2, 0.25) is 0 Å². The molecule has 1 amide bonds. The second-order valence-corrected chi connectivity index (χ2v) is 6.34. The molecule has 2 aromatic rings. The number of methoxy groups -OCH3 is 1. The van der Waals surface area contributed by atoms with Gasteiger partial charge in [0.1, 0.15) is 11.4 Å². The Morgan fingerprint density at radius 2 is 1.90 bits per heavy atom. The van der Waals surface area contributed by atoms with Crippen LogP contribution in [-0.4, -0.2) is 51.2 Å². The molecule has 0 bridgehead atoms. The highest BCUT2D eigenvalue weighted by molar-refractivity contribution is 5.93. The number of ether oxygens (including phenoxy) is 2. The molecular formula is C20H23N3O6. The first-order chi connectivity index (χ1) is 13.8. The van der Waals surface area contributed by atoms with Crippen LogP contribution in [0.2, 0.25) is 0 Å². The number of nitrogens with zero attached hydrogens (tertiary/aromatic N) is 2. The molecule has 1 N–H and O–H groups in total. The van der Waals surface area contributed by atoms with Crippen LogP contribution >= 0.6 is 0 Å². The summed E-state index contributed by atoms with van der Waals surface area (Å²) in [6.07, 6.45) is 0.557. The van der Waals surface area contributed by atoms with E-state index in [0.29, 0.717) is 18.7 Å². The van der Waals surface area contributed by atoms with Crippen LogP contribution in [0.1, 0.15) is 15.9 Å². The number of hydrogen-bond acceptors (Lipinski definition) is 7. The van der Waals surface area contributed by atoms with Crippen LogP contribution in [0.4, 0.5) is 11.4 Å². The molecule has 0 aliphatic rings. The topological polar surface area (TPSA) is 111 Å². The number of nitrogens with one attached hydrogen (secondary N) is 1. The summed E-state index contributed by atoms with van der Waals surface area (Å²) in [7, 11) is 4.90. The normalized spacial score (nSPS) is 10.2. The number of anilines is 1. The minimum atomic E-state index is -0.807. The smallest absolute Gasteiger partial charge is 0.338 e. The van der Waals surface area contributed by atoms with Crippen LogP contribution in [0.3, 0.4) is 0 Å². The van der Waals surface area contributed by atoms with E-state index in [2.05, 4.69) is 5.32 Å². The molecule has 2 rings (SSSR count). The molecular weight excluding hydrogens is 378 g/mol. The van der Waals surface area contributed by atoms with Crippen molar-refractivity contribution in [2.24, 2.45) is 0 Å². The maximum Gasteiger partial charge on any atom is 0.338 e. The molecule has 0 aliphatic heterocycles. The van der Waals surface area contributed by atoms with Crippen molar-refractivity contribution in [1.82, 2.24) is 5.32 Å². The van der Waals surface area contributed by atoms with E-state index in [1.807, 2.05) is 24.3 Å². The van der Waals surface area contributed by atoms with E-state index in [4.69, 9.17) is 9.47 Å². The monoisotopic (exact) mass is 401 g/mol. The van der Waals surface area contributed by atoms with Gasteiger partial charge in [-0.15, -0.1) is 0 Å². The highest BCUT2D eigenvalue weighted by Gasteiger charge is 2.20. The number of hydrogen-bond donors (Lipinski definition) is 1. The molecule has 0 spiro atoms. The van der Waals surface area contributed by atoms with Crippen LogP contribution in [0.25, 0.3) is 0 Å². The fourth-order valence-electron chi connectivity index (χ4n) is 2.69. The average Bonchev–Trinajstić information content (AvgIpc) is 2.71. The van der Waals surface area contributed by atoms with E-state index in [1.54, 1.807) is 26.1 Å². The molecule has 0 aliphatic carbocycles. The van der Waals surface area contributed by atoms with Gasteiger partial charge in [-0.25, -0.2) is 4.79 Å². The Bertz CT molecular complexity index is 898. The lowest BCUT2D eigenvalue weighted by molar-refractivity contribution is -0.384. The van der Waals surface area contributed by atoms with Crippen LogP contribution in [0.5, 0.6) is 5.75 Å². The van der Waals surface area contributed by atoms with E-state index < -0.39 is 23.4 Å². The van der Waals surface area contributed by atoms with Crippen LogP contribution < -0.4 is 15.0 Å². The van der Waals surface area contributed by atoms with Crippen molar-refractivity contribution in [3.8, 4) is 5.75 Å². The number of esters is 1. The van der Waals surface area contributed by atoms with Crippen molar-refractivity contribution in [3.63, 3.8) is 0 Å². The van der Waals surface area contributed by atoms with Crippen molar-refractivity contribution >= 4 is 23.3 Å². The zero-order chi connectivity index (χ0) is 21.4. The summed E-state index contributed by atoms with van der Waals surface area (Å²) in [5.74, 6) is -0.540. The highest BCUT2D eigenvalue weighted by Crippen LogP contribution is 2.27. The number of para-hydroxylation sites is 1. The van der Waals surface area contributed by atoms with Gasteiger partial charge in [-0.1, -0.05) is 18.2 Å². The molecule has 0 radical (unpaired) electrons. The van der Waals surface area contributed by atoms with Crippen molar-refractivity contribution in [1.29, 1.82) is 0 Å². The number of benzene rings is 2. The molecule has 9 heteroatoms. The summed E-state index contributed by atoms with van der Waals surface area (Å²) in [5.41, 5.74) is 1.09. The first-order valence-electron chi connectivity index (χ1n) is 8.85. The van der Waals surface area contributed by atoms with Crippen LogP contribution in [0.15, 0.2) is 42.5 Å². The molecule has 0 unspecified atom stereocenters. The summed E-state index contributed by atoms with van der Waals surface area (Å²) in [6.45, 7) is -0.131. The van der Waals surface area contributed by atoms with Crippen LogP contribution in [-0.2, 0) is 16.0 Å². The summed E-state index contributed by atoms with van der Waals surface area (Å²) < 4.78 is 10.2. The quantitative estimate of drug-likeness (QED) is 0.389. The van der Waals surface area contributed by atoms with Gasteiger partial charge in [-0.05, 0) is 30.2 Å². The first-order valence-corrected chi connectivity index (χ1v) is 8.85. The third kappa shape index (κ3) is 5.93. The lowest BCUT2D eigenvalue weighted by atomic mass is 10.1. The van der Waals surface area contributed by atoms with Crippen molar-refractivity contribution in [3.05, 3.63) is 63.7 Å². The predicted molar refractivity (Wildman–Crippen MR) is 107 cm³/mol. The van der Waals surface area contributed by atoms with Crippen molar-refractivity contribution in [2.75, 3.05) is 39.3 Å². The lowest BCUT2D eigenvalue weighted by Gasteiger charge is -2.13. The third-order valence-corrected chi connectivity index (χ3v) is 4.13. The summed E-state index contributed by atoms with van der Waals surface area (Å²) >= 11 is 0. The van der Waals surface area contributed by atoms with E-state index in [9.17, 15) is 19.7 Å². The summed E-state index contributed by atoms with van der Waals surface area (Å²) in [6, 6.07) is 11.5. The predicted octanol–water partition coefficient (Wildman–Crippen LogP) is 2.19. The van der Waals surface area contributed by atoms with Gasteiger partial charge in [0.15, 0.2) is 6.61 Å². The number of carbonyl (C=O) groups is 2. The second kappa shape index (κ2) is 10.1. The Balaban J connectivity index is 1.87. The van der Waals surface area contributed by atoms with Gasteiger partial charge in [0.05, 0.1) is 17.6 Å². The lowest BCUT2D eigenvalue weighted by Crippen LogP contribution is -2.30. The Morgan fingerprint density at radius 1 is 1.17 bits per heavy atom. The van der Waals surface area contributed by atoms with Gasteiger partial charge in [0.25, 0.3) is 11.6 Å². The molecule has 0 aromatic heterocycles. The van der Waals surface area contributed by atoms with Gasteiger partial charge in [-0.2, -0.15) is 0 Å². The molecule has 154 valence electrons. The molecule has 9 nitrogen and oxygen atoms in total. The number of nitro benzene ring substituents is 1. The fourth-order valence-corrected chi connectivity index (χ4v) is 2.69.